The monoisotopic (exact) mass is 271 g/mol. The second kappa shape index (κ2) is 7.31. The molecule has 1 aromatic heterocycles. The van der Waals surface area contributed by atoms with Gasteiger partial charge in [0, 0.05) is 12.8 Å². The van der Waals surface area contributed by atoms with Crippen LogP contribution in [0.25, 0.3) is 0 Å². The molecule has 2 heterocycles. The van der Waals surface area contributed by atoms with Crippen molar-refractivity contribution in [3.63, 3.8) is 0 Å². The van der Waals surface area contributed by atoms with Gasteiger partial charge in [-0.05, 0) is 31.4 Å². The Morgan fingerprint density at radius 1 is 1.50 bits per heavy atom. The zero-order chi connectivity index (χ0) is 12.1. The van der Waals surface area contributed by atoms with Crippen LogP contribution in [0.4, 0.5) is 0 Å². The Labute approximate surface area is 113 Å². The lowest BCUT2D eigenvalue weighted by Gasteiger charge is -2.26. The first kappa shape index (κ1) is 14.9. The summed E-state index contributed by atoms with van der Waals surface area (Å²) >= 11 is 0. The highest BCUT2D eigenvalue weighted by molar-refractivity contribution is 5.85. The number of pyridine rings is 1. The molecule has 0 radical (unpaired) electrons. The van der Waals surface area contributed by atoms with Crippen LogP contribution in [0.5, 0.6) is 0 Å². The van der Waals surface area contributed by atoms with E-state index in [-0.39, 0.29) is 24.5 Å². The van der Waals surface area contributed by atoms with Gasteiger partial charge in [0.1, 0.15) is 5.84 Å². The largest absolute Gasteiger partial charge is 0.385 e. The molecular weight excluding hydrogens is 254 g/mol. The van der Waals surface area contributed by atoms with E-state index in [1.54, 1.807) is 12.3 Å². The number of amidine groups is 1. The van der Waals surface area contributed by atoms with Gasteiger partial charge in [-0.15, -0.1) is 12.4 Å². The molecule has 1 aromatic rings. The number of hydrogen-bond donors (Lipinski definition) is 2. The summed E-state index contributed by atoms with van der Waals surface area (Å²) in [4.78, 5) is 4.16. The van der Waals surface area contributed by atoms with Crippen LogP contribution >= 0.6 is 12.4 Å². The number of hydrogen-bond acceptors (Lipinski definition) is 4. The summed E-state index contributed by atoms with van der Waals surface area (Å²) in [6.07, 6.45) is 3.76. The minimum atomic E-state index is -0.612. The molecule has 18 heavy (non-hydrogen) atoms. The molecule has 3 N–H and O–H groups in total. The molecule has 6 heteroatoms. The molecule has 1 saturated heterocycles. The molecule has 5 nitrogen and oxygen atoms in total. The van der Waals surface area contributed by atoms with E-state index < -0.39 is 6.10 Å². The zero-order valence-electron chi connectivity index (χ0n) is 10.0. The Morgan fingerprint density at radius 2 is 2.33 bits per heavy atom. The number of rotatable bonds is 4. The predicted octanol–water partition coefficient (Wildman–Crippen LogP) is 2.02. The van der Waals surface area contributed by atoms with Crippen molar-refractivity contribution >= 4 is 18.2 Å². The maximum Gasteiger partial charge on any atom is 0.159 e. The van der Waals surface area contributed by atoms with Gasteiger partial charge in [0.25, 0.3) is 0 Å². The maximum atomic E-state index is 7.56. The molecular formula is C12H18ClN3O2. The molecule has 0 spiro atoms. The quantitative estimate of drug-likeness (QED) is 0.648. The fourth-order valence-corrected chi connectivity index (χ4v) is 1.80. The van der Waals surface area contributed by atoms with Crippen molar-refractivity contribution in [2.24, 2.45) is 5.73 Å². The molecule has 0 aliphatic carbocycles. The van der Waals surface area contributed by atoms with E-state index >= 15 is 0 Å². The fourth-order valence-electron chi connectivity index (χ4n) is 1.80. The Bertz CT molecular complexity index is 369. The van der Waals surface area contributed by atoms with Gasteiger partial charge in [-0.2, -0.15) is 0 Å². The molecule has 2 rings (SSSR count). The van der Waals surface area contributed by atoms with Crippen LogP contribution in [-0.2, 0) is 9.47 Å². The van der Waals surface area contributed by atoms with Crippen LogP contribution in [0.1, 0.15) is 31.1 Å². The minimum Gasteiger partial charge on any atom is -0.385 e. The third-order valence-electron chi connectivity index (χ3n) is 2.66. The van der Waals surface area contributed by atoms with Crippen molar-refractivity contribution in [2.75, 3.05) is 6.61 Å². The summed E-state index contributed by atoms with van der Waals surface area (Å²) in [5, 5.41) is 7.56. The van der Waals surface area contributed by atoms with E-state index in [9.17, 15) is 0 Å². The van der Waals surface area contributed by atoms with Crippen molar-refractivity contribution in [1.82, 2.24) is 4.98 Å². The van der Waals surface area contributed by atoms with E-state index in [0.29, 0.717) is 12.3 Å². The van der Waals surface area contributed by atoms with Crippen molar-refractivity contribution in [1.29, 1.82) is 5.41 Å². The standard InChI is InChI=1S/C12H17N3O2.ClH/c13-12(14)11(9-5-1-3-7-15-9)17-10-6-2-4-8-16-10;/h1,3,5,7,10-11H,2,4,6,8H2,(H3,13,14);1H. The van der Waals surface area contributed by atoms with Gasteiger partial charge in [-0.3, -0.25) is 10.4 Å². The van der Waals surface area contributed by atoms with Gasteiger partial charge in [-0.1, -0.05) is 6.07 Å². The Balaban J connectivity index is 0.00000162. The van der Waals surface area contributed by atoms with Gasteiger partial charge in [0.15, 0.2) is 12.4 Å². The van der Waals surface area contributed by atoms with E-state index in [4.69, 9.17) is 20.6 Å². The molecule has 0 bridgehead atoms. The molecule has 1 fully saturated rings. The summed E-state index contributed by atoms with van der Waals surface area (Å²) in [6.45, 7) is 0.706. The minimum absolute atomic E-state index is 0. The van der Waals surface area contributed by atoms with Crippen molar-refractivity contribution in [3.8, 4) is 0 Å². The van der Waals surface area contributed by atoms with Crippen LogP contribution in [0.2, 0.25) is 0 Å². The Kier molecular flexibility index (Phi) is 6.04. The topological polar surface area (TPSA) is 81.2 Å². The number of aromatic nitrogens is 1. The third kappa shape index (κ3) is 3.94. The molecule has 1 aliphatic rings. The van der Waals surface area contributed by atoms with Gasteiger partial charge >= 0.3 is 0 Å². The molecule has 2 atom stereocenters. The highest BCUT2D eigenvalue weighted by Gasteiger charge is 2.23. The molecule has 1 aliphatic heterocycles. The SMILES string of the molecule is Cl.N=C(N)C(OC1CCCCO1)c1ccccn1. The van der Waals surface area contributed by atoms with Crippen LogP contribution < -0.4 is 5.73 Å². The average Bonchev–Trinajstić information content (AvgIpc) is 2.38. The van der Waals surface area contributed by atoms with Crippen molar-refractivity contribution in [3.05, 3.63) is 30.1 Å². The lowest BCUT2D eigenvalue weighted by atomic mass is 10.2. The number of nitrogens with zero attached hydrogens (tertiary/aromatic N) is 1. The maximum absolute atomic E-state index is 7.56. The predicted molar refractivity (Wildman–Crippen MR) is 70.8 cm³/mol. The lowest BCUT2D eigenvalue weighted by Crippen LogP contribution is -2.31. The van der Waals surface area contributed by atoms with E-state index in [1.807, 2.05) is 12.1 Å². The second-order valence-corrected chi connectivity index (χ2v) is 4.02. The zero-order valence-corrected chi connectivity index (χ0v) is 10.9. The van der Waals surface area contributed by atoms with Crippen LogP contribution in [0.15, 0.2) is 24.4 Å². The first-order chi connectivity index (χ1) is 8.27. The fraction of sp³-hybridized carbons (Fsp3) is 0.500. The van der Waals surface area contributed by atoms with E-state index in [2.05, 4.69) is 4.98 Å². The molecule has 0 aromatic carbocycles. The number of ether oxygens (including phenoxy) is 2. The summed E-state index contributed by atoms with van der Waals surface area (Å²) in [5.74, 6) is -0.0436. The molecule has 2 unspecified atom stereocenters. The lowest BCUT2D eigenvalue weighted by molar-refractivity contribution is -0.176. The first-order valence-electron chi connectivity index (χ1n) is 5.79. The van der Waals surface area contributed by atoms with Crippen LogP contribution in [0, 0.1) is 5.41 Å². The molecule has 0 saturated carbocycles. The summed E-state index contributed by atoms with van der Waals surface area (Å²) in [6, 6.07) is 5.47. The number of halogens is 1. The first-order valence-corrected chi connectivity index (χ1v) is 5.79. The number of nitrogens with two attached hydrogens (primary N) is 1. The molecule has 100 valence electrons. The Hall–Kier alpha value is -1.17. The van der Waals surface area contributed by atoms with Crippen LogP contribution in [-0.4, -0.2) is 23.7 Å². The normalized spacial score (nSPS) is 20.8. The van der Waals surface area contributed by atoms with Gasteiger partial charge < -0.3 is 15.2 Å². The highest BCUT2D eigenvalue weighted by Crippen LogP contribution is 2.22. The van der Waals surface area contributed by atoms with Gasteiger partial charge in [-0.25, -0.2) is 0 Å². The highest BCUT2D eigenvalue weighted by atomic mass is 35.5. The van der Waals surface area contributed by atoms with E-state index in [1.165, 1.54) is 0 Å². The summed E-state index contributed by atoms with van der Waals surface area (Å²) in [5.41, 5.74) is 6.20. The van der Waals surface area contributed by atoms with Crippen molar-refractivity contribution < 1.29 is 9.47 Å². The van der Waals surface area contributed by atoms with E-state index in [0.717, 1.165) is 19.3 Å². The number of nitrogens with one attached hydrogen (secondary N) is 1. The smallest absolute Gasteiger partial charge is 0.159 e. The summed E-state index contributed by atoms with van der Waals surface area (Å²) < 4.78 is 11.2. The van der Waals surface area contributed by atoms with Gasteiger partial charge in [0.2, 0.25) is 0 Å². The average molecular weight is 272 g/mol. The third-order valence-corrected chi connectivity index (χ3v) is 2.66. The van der Waals surface area contributed by atoms with Crippen molar-refractivity contribution in [2.45, 2.75) is 31.7 Å². The van der Waals surface area contributed by atoms with Gasteiger partial charge in [0.05, 0.1) is 5.69 Å². The Morgan fingerprint density at radius 3 is 2.89 bits per heavy atom. The van der Waals surface area contributed by atoms with Crippen LogP contribution in [0.3, 0.4) is 0 Å². The molecule has 0 amide bonds. The summed E-state index contributed by atoms with van der Waals surface area (Å²) in [7, 11) is 0. The second-order valence-electron chi connectivity index (χ2n) is 4.02.